The second kappa shape index (κ2) is 16.3. The van der Waals surface area contributed by atoms with Gasteiger partial charge >= 0.3 is 18.3 Å². The number of carbonyl (C=O) groups is 2. The fourth-order valence-corrected chi connectivity index (χ4v) is 5.38. The van der Waals surface area contributed by atoms with Crippen LogP contribution in [0.3, 0.4) is 0 Å². The van der Waals surface area contributed by atoms with Gasteiger partial charge in [-0.15, -0.1) is 13.2 Å². The third kappa shape index (κ3) is 11.3. The van der Waals surface area contributed by atoms with Crippen LogP contribution in [0.25, 0.3) is 11.1 Å². The first-order valence-corrected chi connectivity index (χ1v) is 15.4. The van der Waals surface area contributed by atoms with E-state index in [-0.39, 0.29) is 24.3 Å². The Morgan fingerprint density at radius 3 is 2.19 bits per heavy atom. The standard InChI is InChI=1S/C36H35ClF3NO6/c1-24-20-30(37)13-15-32(24)27-9-7-26(8-10-27)23-46-33-16-14-31(47-36(38,39)40)21-29(33)17-19-41(18-3-2-4-34(42)43)22-25-5-11-28(12-6-25)35(44)45/h5-16,20-21H,2-4,17-19,22-23H2,1H3,(H,42,43)(H,44,45). The van der Waals surface area contributed by atoms with Crippen LogP contribution < -0.4 is 9.47 Å². The Morgan fingerprint density at radius 1 is 0.851 bits per heavy atom. The van der Waals surface area contributed by atoms with Gasteiger partial charge in [0.2, 0.25) is 0 Å². The van der Waals surface area contributed by atoms with Gasteiger partial charge in [-0.2, -0.15) is 0 Å². The van der Waals surface area contributed by atoms with Crippen LogP contribution in [0.2, 0.25) is 5.02 Å². The van der Waals surface area contributed by atoms with E-state index in [0.717, 1.165) is 27.8 Å². The number of aromatic carboxylic acids is 1. The number of nitrogens with zero attached hydrogens (tertiary/aromatic N) is 1. The van der Waals surface area contributed by atoms with Gasteiger partial charge < -0.3 is 19.7 Å². The molecule has 0 atom stereocenters. The van der Waals surface area contributed by atoms with Crippen molar-refractivity contribution in [3.63, 3.8) is 0 Å². The van der Waals surface area contributed by atoms with Crippen LogP contribution in [0.15, 0.2) is 84.9 Å². The number of aliphatic carboxylic acids is 1. The van der Waals surface area contributed by atoms with Crippen molar-refractivity contribution in [2.45, 2.75) is 52.1 Å². The predicted octanol–water partition coefficient (Wildman–Crippen LogP) is 8.79. The summed E-state index contributed by atoms with van der Waals surface area (Å²) in [6.07, 6.45) is -3.47. The molecule has 2 N–H and O–H groups in total. The number of hydrogen-bond acceptors (Lipinski definition) is 5. The Hall–Kier alpha value is -4.54. The van der Waals surface area contributed by atoms with E-state index in [4.69, 9.17) is 21.4 Å². The summed E-state index contributed by atoms with van der Waals surface area (Å²) in [5.41, 5.74) is 5.48. The van der Waals surface area contributed by atoms with Crippen molar-refractivity contribution in [3.05, 3.63) is 118 Å². The van der Waals surface area contributed by atoms with E-state index in [1.54, 1.807) is 12.1 Å². The lowest BCUT2D eigenvalue weighted by Gasteiger charge is -2.23. The van der Waals surface area contributed by atoms with Crippen molar-refractivity contribution in [2.24, 2.45) is 0 Å². The van der Waals surface area contributed by atoms with E-state index in [9.17, 15) is 27.9 Å². The molecule has 0 spiro atoms. The Balaban J connectivity index is 1.50. The van der Waals surface area contributed by atoms with Gasteiger partial charge in [0.25, 0.3) is 0 Å². The SMILES string of the molecule is Cc1cc(Cl)ccc1-c1ccc(COc2ccc(OC(F)(F)F)cc2CCN(CCCCC(=O)O)Cc2ccc(C(=O)O)cc2)cc1. The van der Waals surface area contributed by atoms with Gasteiger partial charge in [0.15, 0.2) is 0 Å². The summed E-state index contributed by atoms with van der Waals surface area (Å²) in [7, 11) is 0. The second-order valence-corrected chi connectivity index (χ2v) is 11.6. The molecule has 0 unspecified atom stereocenters. The van der Waals surface area contributed by atoms with Gasteiger partial charge in [-0.05, 0) is 109 Å². The fraction of sp³-hybridized carbons (Fsp3) is 0.278. The van der Waals surface area contributed by atoms with Crippen LogP contribution in [-0.4, -0.2) is 46.5 Å². The summed E-state index contributed by atoms with van der Waals surface area (Å²) in [6.45, 7) is 3.54. The third-order valence-electron chi connectivity index (χ3n) is 7.53. The van der Waals surface area contributed by atoms with Crippen LogP contribution in [0, 0.1) is 6.92 Å². The Kier molecular flexibility index (Phi) is 12.3. The molecule has 0 heterocycles. The molecule has 0 saturated heterocycles. The molecule has 0 saturated carbocycles. The van der Waals surface area contributed by atoms with Crippen LogP contribution >= 0.6 is 11.6 Å². The normalized spacial score (nSPS) is 11.4. The van der Waals surface area contributed by atoms with Crippen LogP contribution in [0.1, 0.15) is 51.9 Å². The highest BCUT2D eigenvalue weighted by atomic mass is 35.5. The molecule has 0 fully saturated rings. The molecular formula is C36H35ClF3NO6. The Bertz CT molecular complexity index is 1660. The van der Waals surface area contributed by atoms with E-state index >= 15 is 0 Å². The highest BCUT2D eigenvalue weighted by molar-refractivity contribution is 6.30. The van der Waals surface area contributed by atoms with E-state index in [1.165, 1.54) is 30.3 Å². The molecule has 0 bridgehead atoms. The molecule has 248 valence electrons. The van der Waals surface area contributed by atoms with Crippen LogP contribution in [-0.2, 0) is 24.4 Å². The van der Waals surface area contributed by atoms with E-state index in [0.29, 0.717) is 55.2 Å². The van der Waals surface area contributed by atoms with E-state index < -0.39 is 18.3 Å². The molecule has 11 heteroatoms. The molecule has 47 heavy (non-hydrogen) atoms. The maximum Gasteiger partial charge on any atom is 0.573 e. The van der Waals surface area contributed by atoms with E-state index in [1.807, 2.05) is 49.4 Å². The number of carboxylic acid groups (broad SMARTS) is 2. The molecule has 4 aromatic rings. The summed E-state index contributed by atoms with van der Waals surface area (Å²) in [4.78, 5) is 24.3. The number of ether oxygens (including phenoxy) is 2. The summed E-state index contributed by atoms with van der Waals surface area (Å²) in [5.74, 6) is -1.88. The number of carboxylic acids is 2. The average molecular weight is 670 g/mol. The molecular weight excluding hydrogens is 635 g/mol. The molecule has 0 radical (unpaired) electrons. The van der Waals surface area contributed by atoms with Gasteiger partial charge in [-0.25, -0.2) is 4.79 Å². The van der Waals surface area contributed by atoms with Crippen LogP contribution in [0.4, 0.5) is 13.2 Å². The van der Waals surface area contributed by atoms with Gasteiger partial charge in [-0.3, -0.25) is 9.69 Å². The first kappa shape index (κ1) is 35.3. The largest absolute Gasteiger partial charge is 0.573 e. The summed E-state index contributed by atoms with van der Waals surface area (Å²) < 4.78 is 49.5. The number of halogens is 4. The number of rotatable bonds is 16. The van der Waals surface area contributed by atoms with Gasteiger partial charge in [0.05, 0.1) is 5.56 Å². The minimum Gasteiger partial charge on any atom is -0.489 e. The first-order chi connectivity index (χ1) is 22.4. The zero-order valence-corrected chi connectivity index (χ0v) is 26.5. The first-order valence-electron chi connectivity index (χ1n) is 15.0. The lowest BCUT2D eigenvalue weighted by Crippen LogP contribution is -2.27. The lowest BCUT2D eigenvalue weighted by molar-refractivity contribution is -0.274. The number of alkyl halides is 3. The third-order valence-corrected chi connectivity index (χ3v) is 7.77. The van der Waals surface area contributed by atoms with Gasteiger partial charge in [0, 0.05) is 24.5 Å². The molecule has 0 aliphatic carbocycles. The molecule has 4 rings (SSSR count). The lowest BCUT2D eigenvalue weighted by atomic mass is 10.00. The molecule has 0 aliphatic rings. The fourth-order valence-electron chi connectivity index (χ4n) is 5.15. The van der Waals surface area contributed by atoms with Gasteiger partial charge in [0.1, 0.15) is 18.1 Å². The highest BCUT2D eigenvalue weighted by Gasteiger charge is 2.31. The summed E-state index contributed by atoms with van der Waals surface area (Å²) in [5, 5.41) is 18.9. The minimum atomic E-state index is -4.86. The maximum atomic E-state index is 13.1. The van der Waals surface area contributed by atoms with Crippen molar-refractivity contribution in [1.82, 2.24) is 4.90 Å². The number of unbranched alkanes of at least 4 members (excludes halogenated alkanes) is 1. The Morgan fingerprint density at radius 2 is 1.55 bits per heavy atom. The molecule has 0 amide bonds. The smallest absolute Gasteiger partial charge is 0.489 e. The number of aryl methyl sites for hydroxylation is 1. The van der Waals surface area contributed by atoms with Crippen LogP contribution in [0.5, 0.6) is 11.5 Å². The number of hydrogen-bond donors (Lipinski definition) is 2. The maximum absolute atomic E-state index is 13.1. The minimum absolute atomic E-state index is 0.0241. The zero-order valence-electron chi connectivity index (χ0n) is 25.7. The summed E-state index contributed by atoms with van der Waals surface area (Å²) in [6, 6.07) is 23.9. The molecule has 0 aliphatic heterocycles. The van der Waals surface area contributed by atoms with Crippen molar-refractivity contribution in [2.75, 3.05) is 13.1 Å². The highest BCUT2D eigenvalue weighted by Crippen LogP contribution is 2.31. The second-order valence-electron chi connectivity index (χ2n) is 11.1. The van der Waals surface area contributed by atoms with Crippen molar-refractivity contribution in [3.8, 4) is 22.6 Å². The Labute approximate surface area is 276 Å². The number of benzene rings is 4. The van der Waals surface area contributed by atoms with Crippen molar-refractivity contribution in [1.29, 1.82) is 0 Å². The molecule has 0 aromatic heterocycles. The average Bonchev–Trinajstić information content (AvgIpc) is 3.01. The summed E-state index contributed by atoms with van der Waals surface area (Å²) >= 11 is 6.09. The van der Waals surface area contributed by atoms with Gasteiger partial charge in [-0.1, -0.05) is 54.1 Å². The van der Waals surface area contributed by atoms with Crippen molar-refractivity contribution >= 4 is 23.5 Å². The quantitative estimate of drug-likeness (QED) is 0.115. The zero-order chi connectivity index (χ0) is 34.0. The van der Waals surface area contributed by atoms with E-state index in [2.05, 4.69) is 9.64 Å². The molecule has 4 aromatic carbocycles. The molecule has 7 nitrogen and oxygen atoms in total. The topological polar surface area (TPSA) is 96.3 Å². The predicted molar refractivity (Wildman–Crippen MR) is 173 cm³/mol. The monoisotopic (exact) mass is 669 g/mol. The van der Waals surface area contributed by atoms with Crippen molar-refractivity contribution < 1.29 is 42.4 Å².